The molecule has 0 aliphatic rings. The number of hydrogen-bond acceptors (Lipinski definition) is 2. The van der Waals surface area contributed by atoms with Crippen molar-refractivity contribution in [3.8, 4) is 5.75 Å². The van der Waals surface area contributed by atoms with E-state index < -0.39 is 5.82 Å². The number of para-hydroxylation sites is 1. The molecule has 106 valence electrons. The van der Waals surface area contributed by atoms with Gasteiger partial charge in [0.25, 0.3) is 0 Å². The van der Waals surface area contributed by atoms with Gasteiger partial charge >= 0.3 is 0 Å². The van der Waals surface area contributed by atoms with E-state index >= 15 is 0 Å². The Morgan fingerprint density at radius 2 is 1.95 bits per heavy atom. The van der Waals surface area contributed by atoms with Crippen molar-refractivity contribution in [2.75, 3.05) is 13.2 Å². The second-order valence-corrected chi connectivity index (χ2v) is 4.92. The van der Waals surface area contributed by atoms with E-state index in [0.29, 0.717) is 13.2 Å². The monoisotopic (exact) mass is 293 g/mol. The van der Waals surface area contributed by atoms with Gasteiger partial charge in [-0.3, -0.25) is 0 Å². The summed E-state index contributed by atoms with van der Waals surface area (Å²) in [4.78, 5) is 0. The highest BCUT2D eigenvalue weighted by atomic mass is 35.5. The topological polar surface area (TPSA) is 21.3 Å². The molecule has 1 N–H and O–H groups in total. The lowest BCUT2D eigenvalue weighted by molar-refractivity contribution is 0.307. The van der Waals surface area contributed by atoms with Crippen LogP contribution in [0.4, 0.5) is 4.39 Å². The van der Waals surface area contributed by atoms with Gasteiger partial charge in [0.1, 0.15) is 18.2 Å². The molecular weight excluding hydrogens is 277 g/mol. The van der Waals surface area contributed by atoms with Crippen LogP contribution in [0.3, 0.4) is 0 Å². The average molecular weight is 294 g/mol. The number of nitrogens with one attached hydrogen (secondary N) is 1. The van der Waals surface area contributed by atoms with Gasteiger partial charge in [0.2, 0.25) is 0 Å². The molecule has 20 heavy (non-hydrogen) atoms. The van der Waals surface area contributed by atoms with Gasteiger partial charge < -0.3 is 10.1 Å². The zero-order chi connectivity index (χ0) is 14.4. The summed E-state index contributed by atoms with van der Waals surface area (Å²) in [5.41, 5.74) is 0.867. The lowest BCUT2D eigenvalue weighted by Gasteiger charge is -2.15. The maximum Gasteiger partial charge on any atom is 0.142 e. The second kappa shape index (κ2) is 7.27. The van der Waals surface area contributed by atoms with Gasteiger partial charge in [-0.25, -0.2) is 4.39 Å². The summed E-state index contributed by atoms with van der Waals surface area (Å²) >= 11 is 5.66. The molecule has 1 unspecified atom stereocenters. The molecular formula is C16H17ClFNO. The van der Waals surface area contributed by atoms with Crippen molar-refractivity contribution in [1.82, 2.24) is 5.32 Å². The maximum atomic E-state index is 13.4. The number of halogens is 2. The largest absolute Gasteiger partial charge is 0.492 e. The Morgan fingerprint density at radius 1 is 1.20 bits per heavy atom. The van der Waals surface area contributed by atoms with Crippen LogP contribution in [0.5, 0.6) is 5.75 Å². The maximum absolute atomic E-state index is 13.4. The number of rotatable bonds is 6. The third-order valence-electron chi connectivity index (χ3n) is 3.01. The van der Waals surface area contributed by atoms with Crippen molar-refractivity contribution in [3.05, 3.63) is 64.9 Å². The van der Waals surface area contributed by atoms with Crippen LogP contribution in [0.25, 0.3) is 0 Å². The van der Waals surface area contributed by atoms with Crippen LogP contribution in [-0.4, -0.2) is 13.2 Å². The van der Waals surface area contributed by atoms with E-state index in [1.807, 2.05) is 43.3 Å². The number of hydrogen-bond donors (Lipinski definition) is 1. The third-order valence-corrected chi connectivity index (χ3v) is 3.31. The van der Waals surface area contributed by atoms with Crippen LogP contribution in [-0.2, 0) is 0 Å². The minimum absolute atomic E-state index is 0.0427. The molecule has 2 aromatic carbocycles. The number of ether oxygens (including phenoxy) is 1. The van der Waals surface area contributed by atoms with Gasteiger partial charge in [0.15, 0.2) is 0 Å². The van der Waals surface area contributed by atoms with Crippen molar-refractivity contribution < 1.29 is 9.13 Å². The summed E-state index contributed by atoms with van der Waals surface area (Å²) in [5.74, 6) is 0.456. The minimum atomic E-state index is -0.390. The highest BCUT2D eigenvalue weighted by molar-refractivity contribution is 6.30. The lowest BCUT2D eigenvalue weighted by atomic mass is 10.1. The zero-order valence-corrected chi connectivity index (χ0v) is 12.0. The Balaban J connectivity index is 1.77. The molecule has 0 heterocycles. The fraction of sp³-hybridized carbons (Fsp3) is 0.250. The lowest BCUT2D eigenvalue weighted by Crippen LogP contribution is -2.24. The normalized spacial score (nSPS) is 12.2. The molecule has 2 nitrogen and oxygen atoms in total. The van der Waals surface area contributed by atoms with E-state index in [1.165, 1.54) is 6.07 Å². The van der Waals surface area contributed by atoms with Crippen LogP contribution in [0.1, 0.15) is 18.5 Å². The zero-order valence-electron chi connectivity index (χ0n) is 11.3. The Labute approximate surface area is 123 Å². The van der Waals surface area contributed by atoms with Crippen LogP contribution in [0, 0.1) is 5.82 Å². The molecule has 0 spiro atoms. The molecule has 2 aromatic rings. The predicted molar refractivity (Wildman–Crippen MR) is 79.8 cm³/mol. The Morgan fingerprint density at radius 3 is 2.65 bits per heavy atom. The molecule has 0 aliphatic carbocycles. The summed E-state index contributed by atoms with van der Waals surface area (Å²) in [7, 11) is 0. The quantitative estimate of drug-likeness (QED) is 0.806. The van der Waals surface area contributed by atoms with Crippen molar-refractivity contribution in [2.45, 2.75) is 13.0 Å². The standard InChI is InChI=1S/C16H17ClFNO/c1-12(13-7-8-15(17)16(18)11-13)19-9-10-20-14-5-3-2-4-6-14/h2-8,11-12,19H,9-10H2,1H3. The molecule has 0 amide bonds. The molecule has 0 bridgehead atoms. The molecule has 4 heteroatoms. The van der Waals surface area contributed by atoms with Gasteiger partial charge in [0, 0.05) is 12.6 Å². The van der Waals surface area contributed by atoms with Crippen LogP contribution >= 0.6 is 11.6 Å². The van der Waals surface area contributed by atoms with Gasteiger partial charge in [-0.2, -0.15) is 0 Å². The summed E-state index contributed by atoms with van der Waals surface area (Å²) < 4.78 is 18.9. The number of benzene rings is 2. The molecule has 0 saturated carbocycles. The summed E-state index contributed by atoms with van der Waals surface area (Å²) in [6.07, 6.45) is 0. The van der Waals surface area contributed by atoms with E-state index in [-0.39, 0.29) is 11.1 Å². The van der Waals surface area contributed by atoms with Gasteiger partial charge in [-0.15, -0.1) is 0 Å². The first kappa shape index (κ1) is 14.8. The average Bonchev–Trinajstić information content (AvgIpc) is 2.47. The third kappa shape index (κ3) is 4.22. The van der Waals surface area contributed by atoms with Crippen molar-refractivity contribution in [3.63, 3.8) is 0 Å². The molecule has 0 aliphatic heterocycles. The Hall–Kier alpha value is -1.58. The summed E-state index contributed by atoms with van der Waals surface area (Å²) in [6.45, 7) is 3.22. The highest BCUT2D eigenvalue weighted by Gasteiger charge is 2.07. The van der Waals surface area contributed by atoms with Crippen molar-refractivity contribution in [1.29, 1.82) is 0 Å². The highest BCUT2D eigenvalue weighted by Crippen LogP contribution is 2.19. The van der Waals surface area contributed by atoms with Gasteiger partial charge in [0.05, 0.1) is 5.02 Å². The van der Waals surface area contributed by atoms with Crippen LogP contribution in [0.15, 0.2) is 48.5 Å². The smallest absolute Gasteiger partial charge is 0.142 e. The van der Waals surface area contributed by atoms with E-state index in [9.17, 15) is 4.39 Å². The summed E-state index contributed by atoms with van der Waals surface area (Å²) in [6, 6.07) is 14.5. The van der Waals surface area contributed by atoms with E-state index in [4.69, 9.17) is 16.3 Å². The van der Waals surface area contributed by atoms with Crippen molar-refractivity contribution in [2.24, 2.45) is 0 Å². The fourth-order valence-corrected chi connectivity index (χ4v) is 1.98. The van der Waals surface area contributed by atoms with E-state index in [2.05, 4.69) is 5.32 Å². The molecule has 0 aromatic heterocycles. The fourth-order valence-electron chi connectivity index (χ4n) is 1.86. The van der Waals surface area contributed by atoms with Crippen LogP contribution < -0.4 is 10.1 Å². The molecule has 0 fully saturated rings. The molecule has 0 saturated heterocycles. The SMILES string of the molecule is CC(NCCOc1ccccc1)c1ccc(Cl)c(F)c1. The van der Waals surface area contributed by atoms with Gasteiger partial charge in [-0.05, 0) is 36.8 Å². The van der Waals surface area contributed by atoms with Crippen molar-refractivity contribution >= 4 is 11.6 Å². The van der Waals surface area contributed by atoms with Gasteiger partial charge in [-0.1, -0.05) is 35.9 Å². The summed E-state index contributed by atoms with van der Waals surface area (Å²) in [5, 5.41) is 3.43. The van der Waals surface area contributed by atoms with E-state index in [1.54, 1.807) is 6.07 Å². The first-order valence-corrected chi connectivity index (χ1v) is 6.91. The molecule has 2 rings (SSSR count). The Kier molecular flexibility index (Phi) is 5.39. The first-order valence-electron chi connectivity index (χ1n) is 6.53. The molecule has 0 radical (unpaired) electrons. The second-order valence-electron chi connectivity index (χ2n) is 4.51. The predicted octanol–water partition coefficient (Wildman–Crippen LogP) is 4.21. The molecule has 1 atom stereocenters. The Bertz CT molecular complexity index is 547. The minimum Gasteiger partial charge on any atom is -0.492 e. The van der Waals surface area contributed by atoms with E-state index in [0.717, 1.165) is 11.3 Å². The first-order chi connectivity index (χ1) is 9.66. The van der Waals surface area contributed by atoms with Crippen LogP contribution in [0.2, 0.25) is 5.02 Å².